The first kappa shape index (κ1) is 11.0. The third-order valence-electron chi connectivity index (χ3n) is 3.05. The molecule has 2 heteroatoms. The van der Waals surface area contributed by atoms with Gasteiger partial charge in [-0.2, -0.15) is 0 Å². The lowest BCUT2D eigenvalue weighted by atomic mass is 9.88. The zero-order valence-corrected chi connectivity index (χ0v) is 9.91. The van der Waals surface area contributed by atoms with Gasteiger partial charge >= 0.3 is 0 Å². The average molecular weight is 222 g/mol. The summed E-state index contributed by atoms with van der Waals surface area (Å²) in [5.41, 5.74) is 0. The second kappa shape index (κ2) is 5.04. The molecule has 0 spiro atoms. The zero-order valence-electron chi connectivity index (χ0n) is 9.10. The van der Waals surface area contributed by atoms with E-state index in [2.05, 4.69) is 31.2 Å². The van der Waals surface area contributed by atoms with E-state index in [1.165, 1.54) is 11.3 Å². The minimum Gasteiger partial charge on any atom is -0.392 e. The summed E-state index contributed by atoms with van der Waals surface area (Å²) in [6.45, 7) is 2.23. The van der Waals surface area contributed by atoms with Crippen molar-refractivity contribution in [3.8, 4) is 0 Å². The molecule has 0 amide bonds. The second-order valence-electron chi connectivity index (χ2n) is 4.45. The largest absolute Gasteiger partial charge is 0.392 e. The van der Waals surface area contributed by atoms with Crippen molar-refractivity contribution in [3.05, 3.63) is 30.3 Å². The van der Waals surface area contributed by atoms with Crippen molar-refractivity contribution >= 4 is 11.8 Å². The monoisotopic (exact) mass is 222 g/mol. The molecule has 1 fully saturated rings. The van der Waals surface area contributed by atoms with Gasteiger partial charge in [-0.15, -0.1) is 11.8 Å². The fourth-order valence-electron chi connectivity index (χ4n) is 2.13. The molecule has 82 valence electrons. The van der Waals surface area contributed by atoms with Crippen LogP contribution >= 0.6 is 11.8 Å². The van der Waals surface area contributed by atoms with E-state index < -0.39 is 0 Å². The lowest BCUT2D eigenvalue weighted by Crippen LogP contribution is -2.30. The van der Waals surface area contributed by atoms with Gasteiger partial charge in [-0.3, -0.25) is 0 Å². The van der Waals surface area contributed by atoms with Crippen LogP contribution in [0.15, 0.2) is 35.2 Å². The van der Waals surface area contributed by atoms with E-state index in [0.29, 0.717) is 11.2 Å². The summed E-state index contributed by atoms with van der Waals surface area (Å²) in [7, 11) is 0. The number of thioether (sulfide) groups is 1. The van der Waals surface area contributed by atoms with Gasteiger partial charge in [0.1, 0.15) is 0 Å². The molecule has 0 saturated heterocycles. The highest BCUT2D eigenvalue weighted by atomic mass is 32.2. The van der Waals surface area contributed by atoms with E-state index in [4.69, 9.17) is 0 Å². The van der Waals surface area contributed by atoms with Crippen LogP contribution in [-0.4, -0.2) is 16.5 Å². The first-order valence-electron chi connectivity index (χ1n) is 5.65. The van der Waals surface area contributed by atoms with Gasteiger partial charge in [0.15, 0.2) is 0 Å². The Kier molecular flexibility index (Phi) is 3.71. The summed E-state index contributed by atoms with van der Waals surface area (Å²) in [4.78, 5) is 1.27. The molecule has 1 saturated carbocycles. The van der Waals surface area contributed by atoms with Crippen LogP contribution in [0.4, 0.5) is 0 Å². The number of rotatable bonds is 2. The van der Waals surface area contributed by atoms with Gasteiger partial charge in [-0.25, -0.2) is 0 Å². The molecule has 0 radical (unpaired) electrons. The quantitative estimate of drug-likeness (QED) is 0.828. The molecular weight excluding hydrogens is 204 g/mol. The fraction of sp³-hybridized carbons (Fsp3) is 0.538. The van der Waals surface area contributed by atoms with Crippen LogP contribution in [0, 0.1) is 5.92 Å². The second-order valence-corrected chi connectivity index (χ2v) is 5.77. The number of hydrogen-bond donors (Lipinski definition) is 1. The van der Waals surface area contributed by atoms with Crippen molar-refractivity contribution in [2.45, 2.75) is 42.4 Å². The Balaban J connectivity index is 1.95. The van der Waals surface area contributed by atoms with Crippen LogP contribution in [0.1, 0.15) is 26.2 Å². The number of hydrogen-bond acceptors (Lipinski definition) is 2. The Morgan fingerprint density at radius 1 is 1.20 bits per heavy atom. The predicted octanol–water partition coefficient (Wildman–Crippen LogP) is 3.33. The molecule has 0 aromatic heterocycles. The highest BCUT2D eigenvalue weighted by molar-refractivity contribution is 8.00. The fourth-order valence-corrected chi connectivity index (χ4v) is 3.32. The molecule has 0 heterocycles. The van der Waals surface area contributed by atoms with E-state index in [0.717, 1.165) is 12.8 Å². The summed E-state index contributed by atoms with van der Waals surface area (Å²) in [5.74, 6) is 0.688. The van der Waals surface area contributed by atoms with Crippen molar-refractivity contribution in [2.75, 3.05) is 0 Å². The molecule has 15 heavy (non-hydrogen) atoms. The topological polar surface area (TPSA) is 20.2 Å². The predicted molar refractivity (Wildman–Crippen MR) is 65.1 cm³/mol. The van der Waals surface area contributed by atoms with Crippen LogP contribution in [0.3, 0.4) is 0 Å². The Hall–Kier alpha value is -0.470. The highest BCUT2D eigenvalue weighted by Crippen LogP contribution is 2.35. The van der Waals surface area contributed by atoms with Gasteiger partial charge in [-0.1, -0.05) is 25.1 Å². The average Bonchev–Trinajstić information content (AvgIpc) is 2.24. The molecule has 1 N–H and O–H groups in total. The number of aliphatic hydroxyl groups excluding tert-OH is 1. The molecule has 0 aliphatic heterocycles. The van der Waals surface area contributed by atoms with Gasteiger partial charge in [0.25, 0.3) is 0 Å². The van der Waals surface area contributed by atoms with E-state index in [9.17, 15) is 5.11 Å². The van der Waals surface area contributed by atoms with Crippen LogP contribution in [-0.2, 0) is 0 Å². The minimum absolute atomic E-state index is 0.126. The van der Waals surface area contributed by atoms with Gasteiger partial charge in [-0.05, 0) is 37.3 Å². The van der Waals surface area contributed by atoms with Crippen LogP contribution < -0.4 is 0 Å². The smallest absolute Gasteiger partial charge is 0.0664 e. The van der Waals surface area contributed by atoms with Crippen molar-refractivity contribution in [1.29, 1.82) is 0 Å². The van der Waals surface area contributed by atoms with Crippen molar-refractivity contribution in [1.82, 2.24) is 0 Å². The number of aliphatic hydroxyl groups is 1. The Morgan fingerprint density at radius 2 is 1.93 bits per heavy atom. The van der Waals surface area contributed by atoms with E-state index in [1.807, 2.05) is 17.8 Å². The lowest BCUT2D eigenvalue weighted by molar-refractivity contribution is 0.113. The minimum atomic E-state index is -0.126. The molecule has 1 aromatic carbocycles. The highest BCUT2D eigenvalue weighted by Gasteiger charge is 2.27. The Bertz CT molecular complexity index is 299. The molecule has 0 bridgehead atoms. The summed E-state index contributed by atoms with van der Waals surface area (Å²) in [6.07, 6.45) is 3.23. The Morgan fingerprint density at radius 3 is 2.60 bits per heavy atom. The van der Waals surface area contributed by atoms with Crippen molar-refractivity contribution < 1.29 is 5.11 Å². The maximum atomic E-state index is 9.98. The summed E-state index contributed by atoms with van der Waals surface area (Å²) in [6, 6.07) is 10.4. The molecule has 1 nitrogen and oxygen atoms in total. The summed E-state index contributed by atoms with van der Waals surface area (Å²) >= 11 is 1.82. The van der Waals surface area contributed by atoms with Crippen LogP contribution in [0.2, 0.25) is 0 Å². The van der Waals surface area contributed by atoms with Gasteiger partial charge < -0.3 is 5.11 Å². The lowest BCUT2D eigenvalue weighted by Gasteiger charge is -2.30. The molecule has 0 unspecified atom stereocenters. The first-order valence-corrected chi connectivity index (χ1v) is 6.53. The van der Waals surface area contributed by atoms with Gasteiger partial charge in [0.2, 0.25) is 0 Å². The van der Waals surface area contributed by atoms with Crippen molar-refractivity contribution in [2.24, 2.45) is 5.92 Å². The number of benzene rings is 1. The normalized spacial score (nSPS) is 31.5. The van der Waals surface area contributed by atoms with Gasteiger partial charge in [0, 0.05) is 10.1 Å². The van der Waals surface area contributed by atoms with E-state index in [-0.39, 0.29) is 6.10 Å². The summed E-state index contributed by atoms with van der Waals surface area (Å²) < 4.78 is 0. The molecular formula is C13H18OS. The molecule has 1 aliphatic carbocycles. The maximum Gasteiger partial charge on any atom is 0.0664 e. The first-order chi connectivity index (χ1) is 7.25. The SMILES string of the molecule is C[C@@H]1CC[C@@H](Sc2ccccc2)[C@H](O)C1. The molecule has 3 atom stereocenters. The van der Waals surface area contributed by atoms with Crippen LogP contribution in [0.25, 0.3) is 0 Å². The van der Waals surface area contributed by atoms with Crippen LogP contribution in [0.5, 0.6) is 0 Å². The molecule has 1 aromatic rings. The molecule has 1 aliphatic rings. The summed E-state index contributed by atoms with van der Waals surface area (Å²) in [5, 5.41) is 10.4. The standard InChI is InChI=1S/C13H18OS/c1-10-7-8-13(12(14)9-10)15-11-5-3-2-4-6-11/h2-6,10,12-14H,7-9H2,1H3/t10-,12-,13-/m1/s1. The van der Waals surface area contributed by atoms with E-state index >= 15 is 0 Å². The third-order valence-corrected chi connectivity index (χ3v) is 4.44. The zero-order chi connectivity index (χ0) is 10.7. The van der Waals surface area contributed by atoms with Gasteiger partial charge in [0.05, 0.1) is 6.10 Å². The van der Waals surface area contributed by atoms with E-state index in [1.54, 1.807) is 0 Å². The Labute approximate surface area is 95.9 Å². The van der Waals surface area contributed by atoms with Crippen molar-refractivity contribution in [3.63, 3.8) is 0 Å². The molecule has 2 rings (SSSR count). The maximum absolute atomic E-state index is 9.98. The third kappa shape index (κ3) is 2.99.